The molecule has 0 radical (unpaired) electrons. The van der Waals surface area contributed by atoms with Crippen molar-refractivity contribution < 1.29 is 9.18 Å². The highest BCUT2D eigenvalue weighted by Gasteiger charge is 2.11. The Morgan fingerprint density at radius 3 is 2.88 bits per heavy atom. The molecule has 94 valence electrons. The van der Waals surface area contributed by atoms with E-state index in [1.807, 2.05) is 13.8 Å². The van der Waals surface area contributed by atoms with E-state index in [1.54, 1.807) is 0 Å². The Balaban J connectivity index is 2.61. The number of benzene rings is 1. The highest BCUT2D eigenvalue weighted by Crippen LogP contribution is 2.17. The summed E-state index contributed by atoms with van der Waals surface area (Å²) >= 11 is 3.23. The van der Waals surface area contributed by atoms with Gasteiger partial charge in [-0.2, -0.15) is 0 Å². The molecule has 0 fully saturated rings. The largest absolute Gasteiger partial charge is 0.350 e. The fraction of sp³-hybridized carbons (Fsp3) is 0.417. The van der Waals surface area contributed by atoms with Crippen molar-refractivity contribution in [2.24, 2.45) is 0 Å². The van der Waals surface area contributed by atoms with Crippen molar-refractivity contribution >= 4 is 21.8 Å². The lowest BCUT2D eigenvalue weighted by Gasteiger charge is -2.13. The second kappa shape index (κ2) is 6.71. The van der Waals surface area contributed by atoms with E-state index in [2.05, 4.69) is 26.6 Å². The van der Waals surface area contributed by atoms with Gasteiger partial charge < -0.3 is 10.6 Å². The Hall–Kier alpha value is -0.940. The van der Waals surface area contributed by atoms with Crippen LogP contribution in [0.25, 0.3) is 0 Å². The van der Waals surface area contributed by atoms with Crippen LogP contribution in [0.15, 0.2) is 22.7 Å². The van der Waals surface area contributed by atoms with Gasteiger partial charge in [0.05, 0.1) is 5.56 Å². The normalized spacial score (nSPS) is 12.2. The van der Waals surface area contributed by atoms with E-state index in [9.17, 15) is 9.18 Å². The summed E-state index contributed by atoms with van der Waals surface area (Å²) in [6.07, 6.45) is 0. The first-order chi connectivity index (χ1) is 8.04. The third-order valence-corrected chi connectivity index (χ3v) is 2.99. The molecule has 1 aromatic carbocycles. The second-order valence-electron chi connectivity index (χ2n) is 3.79. The Kier molecular flexibility index (Phi) is 5.58. The SMILES string of the molecule is CCN[C@H](C)CNC(=O)c1cc(F)ccc1Br. The molecule has 1 amide bonds. The van der Waals surface area contributed by atoms with Gasteiger partial charge in [0.2, 0.25) is 0 Å². The average Bonchev–Trinajstić information content (AvgIpc) is 2.29. The number of rotatable bonds is 5. The number of halogens is 2. The van der Waals surface area contributed by atoms with Crippen LogP contribution in [0.5, 0.6) is 0 Å². The number of likely N-dealkylation sites (N-methyl/N-ethyl adjacent to an activating group) is 1. The lowest BCUT2D eigenvalue weighted by Crippen LogP contribution is -2.38. The van der Waals surface area contributed by atoms with Crippen LogP contribution >= 0.6 is 15.9 Å². The Morgan fingerprint density at radius 2 is 2.24 bits per heavy atom. The summed E-state index contributed by atoms with van der Waals surface area (Å²) < 4.78 is 13.6. The van der Waals surface area contributed by atoms with Gasteiger partial charge in [-0.3, -0.25) is 4.79 Å². The van der Waals surface area contributed by atoms with Crippen LogP contribution in [0.4, 0.5) is 4.39 Å². The molecule has 17 heavy (non-hydrogen) atoms. The van der Waals surface area contributed by atoms with Gasteiger partial charge >= 0.3 is 0 Å². The minimum Gasteiger partial charge on any atom is -0.350 e. The standard InChI is InChI=1S/C12H16BrFN2O/c1-3-15-8(2)7-16-12(17)10-6-9(14)4-5-11(10)13/h4-6,8,15H,3,7H2,1-2H3,(H,16,17)/t8-/m1/s1. The first-order valence-corrected chi connectivity index (χ1v) is 6.30. The van der Waals surface area contributed by atoms with Crippen LogP contribution in [-0.4, -0.2) is 25.0 Å². The van der Waals surface area contributed by atoms with E-state index in [-0.39, 0.29) is 11.9 Å². The first-order valence-electron chi connectivity index (χ1n) is 5.51. The van der Waals surface area contributed by atoms with E-state index in [4.69, 9.17) is 0 Å². The van der Waals surface area contributed by atoms with Gasteiger partial charge in [-0.15, -0.1) is 0 Å². The highest BCUT2D eigenvalue weighted by atomic mass is 79.9. The molecule has 0 aliphatic rings. The smallest absolute Gasteiger partial charge is 0.252 e. The summed E-state index contributed by atoms with van der Waals surface area (Å²) in [6, 6.07) is 4.24. The molecule has 0 aliphatic carbocycles. The van der Waals surface area contributed by atoms with Gasteiger partial charge in [-0.1, -0.05) is 6.92 Å². The zero-order chi connectivity index (χ0) is 12.8. The second-order valence-corrected chi connectivity index (χ2v) is 4.65. The van der Waals surface area contributed by atoms with Crippen LogP contribution in [0.3, 0.4) is 0 Å². The molecular formula is C12H16BrFN2O. The van der Waals surface area contributed by atoms with Crippen LogP contribution in [-0.2, 0) is 0 Å². The molecular weight excluding hydrogens is 287 g/mol. The Labute approximate surface area is 109 Å². The van der Waals surface area contributed by atoms with Crippen molar-refractivity contribution in [2.75, 3.05) is 13.1 Å². The number of hydrogen-bond acceptors (Lipinski definition) is 2. The van der Waals surface area contributed by atoms with Gasteiger partial charge in [0, 0.05) is 17.1 Å². The maximum Gasteiger partial charge on any atom is 0.252 e. The fourth-order valence-corrected chi connectivity index (χ4v) is 1.86. The third-order valence-electron chi connectivity index (χ3n) is 2.29. The van der Waals surface area contributed by atoms with Crippen LogP contribution < -0.4 is 10.6 Å². The lowest BCUT2D eigenvalue weighted by molar-refractivity contribution is 0.0949. The van der Waals surface area contributed by atoms with Crippen LogP contribution in [0.2, 0.25) is 0 Å². The summed E-state index contributed by atoms with van der Waals surface area (Å²) in [5.41, 5.74) is 0.314. The van der Waals surface area contributed by atoms with E-state index >= 15 is 0 Å². The topological polar surface area (TPSA) is 41.1 Å². The first kappa shape index (κ1) is 14.1. The van der Waals surface area contributed by atoms with Crippen LogP contribution in [0.1, 0.15) is 24.2 Å². The molecule has 1 aromatic rings. The summed E-state index contributed by atoms with van der Waals surface area (Å²) in [5.74, 6) is -0.695. The third kappa shape index (κ3) is 4.44. The zero-order valence-corrected chi connectivity index (χ0v) is 11.5. The summed E-state index contributed by atoms with van der Waals surface area (Å²) in [6.45, 7) is 5.34. The number of carbonyl (C=O) groups is 1. The van der Waals surface area contributed by atoms with Crippen molar-refractivity contribution in [3.63, 3.8) is 0 Å². The van der Waals surface area contributed by atoms with E-state index in [1.165, 1.54) is 18.2 Å². The number of hydrogen-bond donors (Lipinski definition) is 2. The Bertz CT molecular complexity index is 398. The molecule has 0 saturated heterocycles. The number of nitrogens with one attached hydrogen (secondary N) is 2. The van der Waals surface area contributed by atoms with Gasteiger partial charge in [0.25, 0.3) is 5.91 Å². The molecule has 0 heterocycles. The van der Waals surface area contributed by atoms with Crippen molar-refractivity contribution in [3.8, 4) is 0 Å². The average molecular weight is 303 g/mol. The molecule has 1 rings (SSSR count). The summed E-state index contributed by atoms with van der Waals surface area (Å²) in [4.78, 5) is 11.8. The molecule has 5 heteroatoms. The predicted octanol–water partition coefficient (Wildman–Crippen LogP) is 2.32. The monoisotopic (exact) mass is 302 g/mol. The highest BCUT2D eigenvalue weighted by molar-refractivity contribution is 9.10. The molecule has 0 aliphatic heterocycles. The van der Waals surface area contributed by atoms with Crippen molar-refractivity contribution in [1.29, 1.82) is 0 Å². The molecule has 2 N–H and O–H groups in total. The van der Waals surface area contributed by atoms with Crippen molar-refractivity contribution in [1.82, 2.24) is 10.6 Å². The lowest BCUT2D eigenvalue weighted by atomic mass is 10.2. The minimum absolute atomic E-state index is 0.191. The predicted molar refractivity (Wildman–Crippen MR) is 69.6 cm³/mol. The maximum atomic E-state index is 13.0. The molecule has 3 nitrogen and oxygen atoms in total. The van der Waals surface area contributed by atoms with E-state index < -0.39 is 5.82 Å². The van der Waals surface area contributed by atoms with Gasteiger partial charge in [0.1, 0.15) is 5.82 Å². The van der Waals surface area contributed by atoms with Gasteiger partial charge in [0.15, 0.2) is 0 Å². The maximum absolute atomic E-state index is 13.0. The van der Waals surface area contributed by atoms with Gasteiger partial charge in [-0.05, 0) is 47.6 Å². The fourth-order valence-electron chi connectivity index (χ4n) is 1.43. The molecule has 0 spiro atoms. The minimum atomic E-state index is -0.418. The van der Waals surface area contributed by atoms with E-state index in [0.717, 1.165) is 6.54 Å². The van der Waals surface area contributed by atoms with Gasteiger partial charge in [-0.25, -0.2) is 4.39 Å². The molecule has 1 atom stereocenters. The summed E-state index contributed by atoms with van der Waals surface area (Å²) in [7, 11) is 0. The number of amides is 1. The molecule has 0 unspecified atom stereocenters. The Morgan fingerprint density at radius 1 is 1.53 bits per heavy atom. The molecule has 0 bridgehead atoms. The zero-order valence-electron chi connectivity index (χ0n) is 9.89. The number of carbonyl (C=O) groups excluding carboxylic acids is 1. The van der Waals surface area contributed by atoms with Crippen LogP contribution in [0, 0.1) is 5.82 Å². The van der Waals surface area contributed by atoms with Crippen molar-refractivity contribution in [3.05, 3.63) is 34.1 Å². The molecule has 0 saturated carbocycles. The molecule has 0 aromatic heterocycles. The quantitative estimate of drug-likeness (QED) is 0.876. The summed E-state index contributed by atoms with van der Waals surface area (Å²) in [5, 5.41) is 5.93. The van der Waals surface area contributed by atoms with Crippen molar-refractivity contribution in [2.45, 2.75) is 19.9 Å². The van der Waals surface area contributed by atoms with E-state index in [0.29, 0.717) is 16.6 Å².